The largest absolute Gasteiger partial charge is 0.309 e. The lowest BCUT2D eigenvalue weighted by Gasteiger charge is -2.21. The van der Waals surface area contributed by atoms with Crippen LogP contribution in [0.3, 0.4) is 0 Å². The van der Waals surface area contributed by atoms with E-state index in [4.69, 9.17) is 0 Å². The molecule has 1 aromatic heterocycles. The van der Waals surface area contributed by atoms with Crippen molar-refractivity contribution in [2.75, 3.05) is 12.3 Å². The molecule has 3 rings (SSSR count). The molecule has 1 saturated carbocycles. The summed E-state index contributed by atoms with van der Waals surface area (Å²) in [5, 5.41) is 5.60. The van der Waals surface area contributed by atoms with E-state index in [1.807, 2.05) is 11.8 Å². The van der Waals surface area contributed by atoms with Crippen molar-refractivity contribution in [3.8, 4) is 0 Å². The quantitative estimate of drug-likeness (QED) is 0.797. The zero-order chi connectivity index (χ0) is 14.7. The Balaban J connectivity index is 1.53. The first kappa shape index (κ1) is 15.8. The van der Waals surface area contributed by atoms with E-state index in [0.29, 0.717) is 22.7 Å². The number of rotatable bonds is 7. The van der Waals surface area contributed by atoms with Gasteiger partial charge in [0.05, 0.1) is 4.90 Å². The number of thioether (sulfide) groups is 1. The molecule has 1 aliphatic heterocycles. The van der Waals surface area contributed by atoms with E-state index >= 15 is 0 Å². The highest BCUT2D eigenvalue weighted by Gasteiger charge is 2.22. The predicted molar refractivity (Wildman–Crippen MR) is 89.5 cm³/mol. The molecule has 2 fully saturated rings. The highest BCUT2D eigenvalue weighted by Crippen LogP contribution is 2.26. The van der Waals surface area contributed by atoms with Gasteiger partial charge in [-0.15, -0.1) is 11.3 Å². The van der Waals surface area contributed by atoms with Gasteiger partial charge < -0.3 is 5.32 Å². The molecule has 21 heavy (non-hydrogen) atoms. The highest BCUT2D eigenvalue weighted by molar-refractivity contribution is 8.00. The Morgan fingerprint density at radius 3 is 2.81 bits per heavy atom. The van der Waals surface area contributed by atoms with E-state index in [-0.39, 0.29) is 0 Å². The van der Waals surface area contributed by atoms with Gasteiger partial charge in [-0.1, -0.05) is 6.42 Å². The monoisotopic (exact) mass is 346 g/mol. The third kappa shape index (κ3) is 4.69. The predicted octanol–water partition coefficient (Wildman–Crippen LogP) is 2.56. The fraction of sp³-hybridized carbons (Fsp3) is 0.714. The van der Waals surface area contributed by atoms with E-state index in [1.165, 1.54) is 37.0 Å². The molecule has 2 heterocycles. The number of thiophene rings is 1. The van der Waals surface area contributed by atoms with Gasteiger partial charge in [-0.25, -0.2) is 13.1 Å². The molecule has 1 atom stereocenters. The molecule has 1 aromatic rings. The molecule has 2 N–H and O–H groups in total. The van der Waals surface area contributed by atoms with Crippen molar-refractivity contribution in [2.45, 2.75) is 54.8 Å². The Kier molecular flexibility index (Phi) is 5.27. The maximum atomic E-state index is 12.3. The van der Waals surface area contributed by atoms with E-state index < -0.39 is 10.0 Å². The van der Waals surface area contributed by atoms with Crippen LogP contribution in [0, 0.1) is 0 Å². The minimum atomic E-state index is -3.34. The van der Waals surface area contributed by atoms with Gasteiger partial charge in [0.2, 0.25) is 10.0 Å². The normalized spacial score (nSPS) is 23.3. The molecule has 118 valence electrons. The third-order valence-electron chi connectivity index (χ3n) is 3.86. The Morgan fingerprint density at radius 2 is 2.10 bits per heavy atom. The average molecular weight is 347 g/mol. The summed E-state index contributed by atoms with van der Waals surface area (Å²) in [7, 11) is -3.34. The maximum absolute atomic E-state index is 12.3. The van der Waals surface area contributed by atoms with Gasteiger partial charge >= 0.3 is 0 Å². The van der Waals surface area contributed by atoms with Gasteiger partial charge in [0, 0.05) is 34.6 Å². The molecule has 1 saturated heterocycles. The second-order valence-corrected chi connectivity index (χ2v) is 9.92. The summed E-state index contributed by atoms with van der Waals surface area (Å²) in [6, 6.07) is 2.45. The second-order valence-electron chi connectivity index (χ2n) is 5.74. The van der Waals surface area contributed by atoms with Gasteiger partial charge in [0.1, 0.15) is 0 Å². The standard InChI is InChI=1S/C14H22N2O2S3/c17-21(18,16-9-12-3-1-2-6-19-12)14-7-13(20-10-14)8-15-11-4-5-11/h7,10-12,15-16H,1-6,8-9H2. The molecule has 2 aliphatic rings. The van der Waals surface area contributed by atoms with Crippen LogP contribution in [0.4, 0.5) is 0 Å². The van der Waals surface area contributed by atoms with Crippen LogP contribution in [0.15, 0.2) is 16.3 Å². The molecule has 0 bridgehead atoms. The van der Waals surface area contributed by atoms with E-state index in [0.717, 1.165) is 23.6 Å². The summed E-state index contributed by atoms with van der Waals surface area (Å²) in [6.07, 6.45) is 6.09. The molecule has 4 nitrogen and oxygen atoms in total. The van der Waals surface area contributed by atoms with E-state index in [9.17, 15) is 8.42 Å². The fourth-order valence-corrected chi connectivity index (χ4v) is 6.03. The van der Waals surface area contributed by atoms with Crippen LogP contribution in [0.25, 0.3) is 0 Å². The minimum absolute atomic E-state index is 0.418. The van der Waals surface area contributed by atoms with Crippen LogP contribution >= 0.6 is 23.1 Å². The van der Waals surface area contributed by atoms with E-state index in [1.54, 1.807) is 11.4 Å². The summed E-state index contributed by atoms with van der Waals surface area (Å²) >= 11 is 3.41. The first-order chi connectivity index (χ1) is 10.1. The van der Waals surface area contributed by atoms with Crippen LogP contribution < -0.4 is 10.0 Å². The maximum Gasteiger partial charge on any atom is 0.241 e. The minimum Gasteiger partial charge on any atom is -0.309 e. The van der Waals surface area contributed by atoms with Gasteiger partial charge in [-0.3, -0.25) is 0 Å². The van der Waals surface area contributed by atoms with Crippen molar-refractivity contribution in [1.29, 1.82) is 0 Å². The SMILES string of the molecule is O=S(=O)(NCC1CCCCS1)c1csc(CNC2CC2)c1. The number of hydrogen-bond donors (Lipinski definition) is 2. The number of nitrogens with one attached hydrogen (secondary N) is 2. The third-order valence-corrected chi connectivity index (χ3v) is 7.74. The van der Waals surface area contributed by atoms with E-state index in [2.05, 4.69) is 10.0 Å². The van der Waals surface area contributed by atoms with Crippen molar-refractivity contribution in [2.24, 2.45) is 0 Å². The Labute approximate surface area is 135 Å². The van der Waals surface area contributed by atoms with Crippen molar-refractivity contribution in [1.82, 2.24) is 10.0 Å². The summed E-state index contributed by atoms with van der Waals surface area (Å²) in [4.78, 5) is 1.51. The van der Waals surface area contributed by atoms with Crippen LogP contribution in [0.2, 0.25) is 0 Å². The van der Waals surface area contributed by atoms with Crippen LogP contribution in [0.1, 0.15) is 37.0 Å². The smallest absolute Gasteiger partial charge is 0.241 e. The first-order valence-corrected chi connectivity index (χ1v) is 11.0. The summed E-state index contributed by atoms with van der Waals surface area (Å²) < 4.78 is 27.4. The van der Waals surface area contributed by atoms with Crippen molar-refractivity contribution in [3.63, 3.8) is 0 Å². The molecular formula is C14H22N2O2S3. The topological polar surface area (TPSA) is 58.2 Å². The molecule has 7 heteroatoms. The van der Waals surface area contributed by atoms with Crippen LogP contribution in [0.5, 0.6) is 0 Å². The number of sulfonamides is 1. The molecule has 0 amide bonds. The molecule has 0 spiro atoms. The average Bonchev–Trinajstić information content (AvgIpc) is 3.20. The van der Waals surface area contributed by atoms with Gasteiger partial charge in [-0.05, 0) is 37.5 Å². The van der Waals surface area contributed by atoms with Crippen molar-refractivity contribution >= 4 is 33.1 Å². The van der Waals surface area contributed by atoms with Crippen molar-refractivity contribution < 1.29 is 8.42 Å². The molecule has 1 unspecified atom stereocenters. The molecular weight excluding hydrogens is 324 g/mol. The van der Waals surface area contributed by atoms with Gasteiger partial charge in [0.15, 0.2) is 0 Å². The zero-order valence-corrected chi connectivity index (χ0v) is 14.5. The molecule has 1 aliphatic carbocycles. The highest BCUT2D eigenvalue weighted by atomic mass is 32.2. The number of hydrogen-bond acceptors (Lipinski definition) is 5. The van der Waals surface area contributed by atoms with Crippen LogP contribution in [-0.4, -0.2) is 32.0 Å². The first-order valence-electron chi connectivity index (χ1n) is 7.55. The lowest BCUT2D eigenvalue weighted by molar-refractivity contribution is 0.574. The van der Waals surface area contributed by atoms with Crippen molar-refractivity contribution in [3.05, 3.63) is 16.3 Å². The van der Waals surface area contributed by atoms with Gasteiger partial charge in [0.25, 0.3) is 0 Å². The Bertz CT molecular complexity index is 561. The second kappa shape index (κ2) is 7.00. The Hall–Kier alpha value is -0.0800. The Morgan fingerprint density at radius 1 is 1.24 bits per heavy atom. The molecule has 0 aromatic carbocycles. The van der Waals surface area contributed by atoms with Crippen LogP contribution in [-0.2, 0) is 16.6 Å². The fourth-order valence-electron chi connectivity index (χ4n) is 2.38. The van der Waals surface area contributed by atoms with Gasteiger partial charge in [-0.2, -0.15) is 11.8 Å². The zero-order valence-electron chi connectivity index (χ0n) is 12.0. The lowest BCUT2D eigenvalue weighted by atomic mass is 10.2. The summed E-state index contributed by atoms with van der Waals surface area (Å²) in [6.45, 7) is 1.34. The molecule has 0 radical (unpaired) electrons. The lowest BCUT2D eigenvalue weighted by Crippen LogP contribution is -2.31. The summed E-state index contributed by atoms with van der Waals surface area (Å²) in [5.41, 5.74) is 0. The summed E-state index contributed by atoms with van der Waals surface area (Å²) in [5.74, 6) is 1.15.